The zero-order valence-corrected chi connectivity index (χ0v) is 10.3. The molecule has 1 aromatic rings. The van der Waals surface area contributed by atoms with Crippen molar-refractivity contribution in [2.45, 2.75) is 19.8 Å². The van der Waals surface area contributed by atoms with E-state index in [9.17, 15) is 9.59 Å². The van der Waals surface area contributed by atoms with Crippen LogP contribution in [0.5, 0.6) is 0 Å². The van der Waals surface area contributed by atoms with Gasteiger partial charge in [-0.1, -0.05) is 0 Å². The Morgan fingerprint density at radius 1 is 1.28 bits per heavy atom. The molecular weight excluding hydrogens is 232 g/mol. The van der Waals surface area contributed by atoms with Gasteiger partial charge in [-0.2, -0.15) is 0 Å². The van der Waals surface area contributed by atoms with Crippen molar-refractivity contribution < 1.29 is 14.7 Å². The lowest BCUT2D eigenvalue weighted by Gasteiger charge is -2.21. The number of carbonyl (C=O) groups is 2. The van der Waals surface area contributed by atoms with Crippen LogP contribution in [0.4, 0.5) is 11.4 Å². The average molecular weight is 248 g/mol. The highest BCUT2D eigenvalue weighted by atomic mass is 16.4. The molecule has 5 heteroatoms. The number of carboxylic acid groups (broad SMARTS) is 1. The molecule has 1 fully saturated rings. The Kier molecular flexibility index (Phi) is 3.50. The summed E-state index contributed by atoms with van der Waals surface area (Å²) in [5.74, 6) is -1.19. The zero-order valence-electron chi connectivity index (χ0n) is 10.3. The van der Waals surface area contributed by atoms with Crippen molar-refractivity contribution in [3.8, 4) is 0 Å². The first-order valence-electron chi connectivity index (χ1n) is 5.98. The van der Waals surface area contributed by atoms with Crippen molar-refractivity contribution in [3.63, 3.8) is 0 Å². The number of aromatic carboxylic acids is 1. The molecule has 0 aromatic heterocycles. The highest BCUT2D eigenvalue weighted by Gasteiger charge is 2.17. The van der Waals surface area contributed by atoms with Crippen molar-refractivity contribution in [1.29, 1.82) is 0 Å². The molecular formula is C13H16N2O3. The number of amides is 1. The average Bonchev–Trinajstić information content (AvgIpc) is 2.81. The maximum atomic E-state index is 11.2. The van der Waals surface area contributed by atoms with Crippen molar-refractivity contribution in [2.75, 3.05) is 23.3 Å². The Morgan fingerprint density at radius 3 is 2.50 bits per heavy atom. The summed E-state index contributed by atoms with van der Waals surface area (Å²) in [5.41, 5.74) is 1.65. The third kappa shape index (κ3) is 2.61. The molecule has 0 aliphatic carbocycles. The molecule has 0 saturated carbocycles. The van der Waals surface area contributed by atoms with E-state index >= 15 is 0 Å². The van der Waals surface area contributed by atoms with Gasteiger partial charge in [0.25, 0.3) is 0 Å². The van der Waals surface area contributed by atoms with Gasteiger partial charge < -0.3 is 15.3 Å². The summed E-state index contributed by atoms with van der Waals surface area (Å²) in [4.78, 5) is 24.3. The second-order valence-electron chi connectivity index (χ2n) is 4.41. The number of hydrogen-bond acceptors (Lipinski definition) is 3. The summed E-state index contributed by atoms with van der Waals surface area (Å²) in [6.07, 6.45) is 2.25. The maximum Gasteiger partial charge on any atom is 0.335 e. The lowest BCUT2D eigenvalue weighted by Crippen LogP contribution is -2.20. The minimum absolute atomic E-state index is 0.182. The maximum absolute atomic E-state index is 11.2. The van der Waals surface area contributed by atoms with Gasteiger partial charge in [-0.05, 0) is 31.0 Å². The van der Waals surface area contributed by atoms with Crippen LogP contribution in [0.1, 0.15) is 30.1 Å². The molecule has 0 unspecified atom stereocenters. The van der Waals surface area contributed by atoms with Crippen molar-refractivity contribution >= 4 is 23.3 Å². The molecule has 0 bridgehead atoms. The van der Waals surface area contributed by atoms with E-state index in [0.29, 0.717) is 5.69 Å². The normalized spacial score (nSPS) is 14.6. The first kappa shape index (κ1) is 12.4. The van der Waals surface area contributed by atoms with Gasteiger partial charge in [0.1, 0.15) is 0 Å². The standard InChI is InChI=1S/C13H16N2O3/c1-9(16)14-11-8-10(13(17)18)4-5-12(11)15-6-2-3-7-15/h4-5,8H,2-3,6-7H2,1H3,(H,14,16)(H,17,18). The van der Waals surface area contributed by atoms with Gasteiger partial charge in [0.2, 0.25) is 5.91 Å². The third-order valence-electron chi connectivity index (χ3n) is 3.00. The summed E-state index contributed by atoms with van der Waals surface area (Å²) in [6, 6.07) is 4.85. The van der Waals surface area contributed by atoms with E-state index in [1.807, 2.05) is 0 Å². The van der Waals surface area contributed by atoms with Crippen molar-refractivity contribution in [2.24, 2.45) is 0 Å². The fraction of sp³-hybridized carbons (Fsp3) is 0.385. The summed E-state index contributed by atoms with van der Waals surface area (Å²) in [5, 5.41) is 11.7. The van der Waals surface area contributed by atoms with E-state index in [1.54, 1.807) is 12.1 Å². The lowest BCUT2D eigenvalue weighted by atomic mass is 10.1. The predicted molar refractivity (Wildman–Crippen MR) is 69.2 cm³/mol. The van der Waals surface area contributed by atoms with Gasteiger partial charge in [0.15, 0.2) is 0 Å². The van der Waals surface area contributed by atoms with E-state index in [-0.39, 0.29) is 11.5 Å². The van der Waals surface area contributed by atoms with Crippen LogP contribution in [-0.2, 0) is 4.79 Å². The van der Waals surface area contributed by atoms with Crippen LogP contribution in [0.3, 0.4) is 0 Å². The van der Waals surface area contributed by atoms with Gasteiger partial charge >= 0.3 is 5.97 Å². The Morgan fingerprint density at radius 2 is 1.94 bits per heavy atom. The van der Waals surface area contributed by atoms with Gasteiger partial charge in [-0.15, -0.1) is 0 Å². The number of carboxylic acids is 1. The molecule has 1 aliphatic rings. The molecule has 0 atom stereocenters. The molecule has 1 aromatic carbocycles. The van der Waals surface area contributed by atoms with Gasteiger partial charge in [0, 0.05) is 20.0 Å². The number of benzene rings is 1. The van der Waals surface area contributed by atoms with Gasteiger partial charge in [0.05, 0.1) is 16.9 Å². The second kappa shape index (κ2) is 5.08. The van der Waals surface area contributed by atoms with Crippen LogP contribution in [0.25, 0.3) is 0 Å². The summed E-state index contributed by atoms with van der Waals surface area (Å²) < 4.78 is 0. The number of nitrogens with one attached hydrogen (secondary N) is 1. The molecule has 2 rings (SSSR count). The fourth-order valence-corrected chi connectivity index (χ4v) is 2.19. The Labute approximate surface area is 105 Å². The number of nitrogens with zero attached hydrogens (tertiary/aromatic N) is 1. The second-order valence-corrected chi connectivity index (χ2v) is 4.41. The number of anilines is 2. The van der Waals surface area contributed by atoms with E-state index in [4.69, 9.17) is 5.11 Å². The molecule has 0 radical (unpaired) electrons. The van der Waals surface area contributed by atoms with E-state index in [1.165, 1.54) is 13.0 Å². The Balaban J connectivity index is 2.37. The molecule has 18 heavy (non-hydrogen) atoms. The quantitative estimate of drug-likeness (QED) is 0.857. The molecule has 1 heterocycles. The molecule has 0 spiro atoms. The van der Waals surface area contributed by atoms with E-state index in [2.05, 4.69) is 10.2 Å². The molecule has 96 valence electrons. The largest absolute Gasteiger partial charge is 0.478 e. The van der Waals surface area contributed by atoms with Crippen LogP contribution in [0, 0.1) is 0 Å². The van der Waals surface area contributed by atoms with Crippen molar-refractivity contribution in [1.82, 2.24) is 0 Å². The zero-order chi connectivity index (χ0) is 13.1. The predicted octanol–water partition coefficient (Wildman–Crippen LogP) is 1.94. The monoisotopic (exact) mass is 248 g/mol. The molecule has 5 nitrogen and oxygen atoms in total. The molecule has 1 aliphatic heterocycles. The topological polar surface area (TPSA) is 69.6 Å². The van der Waals surface area contributed by atoms with Gasteiger partial charge in [-0.3, -0.25) is 4.79 Å². The van der Waals surface area contributed by atoms with E-state index < -0.39 is 5.97 Å². The third-order valence-corrected chi connectivity index (χ3v) is 3.00. The SMILES string of the molecule is CC(=O)Nc1cc(C(=O)O)ccc1N1CCCC1. The summed E-state index contributed by atoms with van der Waals surface area (Å²) in [6.45, 7) is 3.30. The molecule has 1 amide bonds. The lowest BCUT2D eigenvalue weighted by molar-refractivity contribution is -0.114. The minimum Gasteiger partial charge on any atom is -0.478 e. The van der Waals surface area contributed by atoms with E-state index in [0.717, 1.165) is 31.6 Å². The number of hydrogen-bond donors (Lipinski definition) is 2. The summed E-state index contributed by atoms with van der Waals surface area (Å²) >= 11 is 0. The van der Waals surface area contributed by atoms with Crippen LogP contribution in [0.15, 0.2) is 18.2 Å². The summed E-state index contributed by atoms with van der Waals surface area (Å²) in [7, 11) is 0. The Hall–Kier alpha value is -2.04. The minimum atomic E-state index is -0.991. The fourth-order valence-electron chi connectivity index (χ4n) is 2.19. The van der Waals surface area contributed by atoms with Crippen molar-refractivity contribution in [3.05, 3.63) is 23.8 Å². The number of carbonyl (C=O) groups excluding carboxylic acids is 1. The van der Waals surface area contributed by atoms with Gasteiger partial charge in [-0.25, -0.2) is 4.79 Å². The Bertz CT molecular complexity index is 479. The van der Waals surface area contributed by atoms with Crippen LogP contribution in [0.2, 0.25) is 0 Å². The van der Waals surface area contributed by atoms with Crippen LogP contribution < -0.4 is 10.2 Å². The molecule has 2 N–H and O–H groups in total. The smallest absolute Gasteiger partial charge is 0.335 e. The highest BCUT2D eigenvalue weighted by molar-refractivity contribution is 5.96. The first-order chi connectivity index (χ1) is 8.58. The van der Waals surface area contributed by atoms with Crippen LogP contribution in [-0.4, -0.2) is 30.1 Å². The highest BCUT2D eigenvalue weighted by Crippen LogP contribution is 2.30. The number of rotatable bonds is 3. The van der Waals surface area contributed by atoms with Crippen LogP contribution >= 0.6 is 0 Å². The molecule has 1 saturated heterocycles. The first-order valence-corrected chi connectivity index (χ1v) is 5.98.